The Balaban J connectivity index is 1.80. The lowest BCUT2D eigenvalue weighted by atomic mass is 10.00. The van der Waals surface area contributed by atoms with Crippen LogP contribution in [0, 0.1) is 5.92 Å². The fraction of sp³-hybridized carbons (Fsp3) is 0.583. The summed E-state index contributed by atoms with van der Waals surface area (Å²) >= 11 is 0. The highest BCUT2D eigenvalue weighted by Gasteiger charge is 2.23. The Morgan fingerprint density at radius 2 is 2.44 bits per heavy atom. The van der Waals surface area contributed by atoms with Crippen molar-refractivity contribution >= 4 is 0 Å². The summed E-state index contributed by atoms with van der Waals surface area (Å²) < 4.78 is 2.18. The van der Waals surface area contributed by atoms with E-state index in [0.29, 0.717) is 12.3 Å². The third-order valence-corrected chi connectivity index (χ3v) is 3.56. The summed E-state index contributed by atoms with van der Waals surface area (Å²) in [5.41, 5.74) is 7.25. The van der Waals surface area contributed by atoms with Crippen molar-refractivity contribution in [1.29, 1.82) is 0 Å². The number of hydrogen-bond donors (Lipinski definition) is 2. The van der Waals surface area contributed by atoms with Crippen molar-refractivity contribution in [3.63, 3.8) is 0 Å². The Bertz CT molecular complexity index is 515. The molecule has 0 saturated carbocycles. The molecular weight excluding hydrogens is 228 g/mol. The third kappa shape index (κ3) is 2.03. The predicted molar refractivity (Wildman–Crippen MR) is 66.7 cm³/mol. The number of nitrogens with zero attached hydrogens (tertiary/aromatic N) is 4. The second-order valence-electron chi connectivity index (χ2n) is 5.11. The Morgan fingerprint density at radius 1 is 1.56 bits per heavy atom. The van der Waals surface area contributed by atoms with Gasteiger partial charge in [0.1, 0.15) is 11.6 Å². The fourth-order valence-electron chi connectivity index (χ4n) is 2.51. The molecule has 3 N–H and O–H groups in total. The molecule has 2 atom stereocenters. The molecule has 6 heteroatoms. The van der Waals surface area contributed by atoms with Gasteiger partial charge in [0.15, 0.2) is 0 Å². The number of nitrogens with two attached hydrogens (primary N) is 1. The molecule has 2 unspecified atom stereocenters. The Hall–Kier alpha value is -1.69. The van der Waals surface area contributed by atoms with Crippen molar-refractivity contribution in [3.05, 3.63) is 29.9 Å². The third-order valence-electron chi connectivity index (χ3n) is 3.56. The Labute approximate surface area is 106 Å². The molecule has 1 aliphatic heterocycles. The highest BCUT2D eigenvalue weighted by molar-refractivity contribution is 5.08. The normalized spacial score (nSPS) is 20.7. The summed E-state index contributed by atoms with van der Waals surface area (Å²) in [6, 6.07) is -0.125. The van der Waals surface area contributed by atoms with E-state index in [1.807, 2.05) is 0 Å². The zero-order valence-corrected chi connectivity index (χ0v) is 10.5. The fourth-order valence-corrected chi connectivity index (χ4v) is 2.51. The summed E-state index contributed by atoms with van der Waals surface area (Å²) in [6.45, 7) is 3.23. The highest BCUT2D eigenvalue weighted by atomic mass is 15.3. The molecule has 0 aromatic carbocycles. The van der Waals surface area contributed by atoms with Gasteiger partial charge >= 0.3 is 0 Å². The van der Waals surface area contributed by atoms with E-state index >= 15 is 0 Å². The van der Waals surface area contributed by atoms with Gasteiger partial charge in [0.25, 0.3) is 0 Å². The van der Waals surface area contributed by atoms with Crippen molar-refractivity contribution in [2.75, 3.05) is 0 Å². The van der Waals surface area contributed by atoms with Crippen LogP contribution >= 0.6 is 0 Å². The van der Waals surface area contributed by atoms with Gasteiger partial charge in [-0.25, -0.2) is 4.98 Å². The van der Waals surface area contributed by atoms with Crippen LogP contribution in [-0.2, 0) is 19.4 Å². The van der Waals surface area contributed by atoms with Gasteiger partial charge in [-0.15, -0.1) is 10.2 Å². The molecule has 0 aliphatic carbocycles. The maximum absolute atomic E-state index is 6.22. The quantitative estimate of drug-likeness (QED) is 0.839. The lowest BCUT2D eigenvalue weighted by Gasteiger charge is -2.21. The Kier molecular flexibility index (Phi) is 2.87. The molecule has 3 heterocycles. The van der Waals surface area contributed by atoms with E-state index in [9.17, 15) is 0 Å². The molecule has 0 bridgehead atoms. The molecule has 2 aromatic heterocycles. The summed E-state index contributed by atoms with van der Waals surface area (Å²) in [7, 11) is 0. The average molecular weight is 246 g/mol. The highest BCUT2D eigenvalue weighted by Crippen LogP contribution is 2.22. The molecule has 0 amide bonds. The van der Waals surface area contributed by atoms with Crippen LogP contribution in [-0.4, -0.2) is 24.7 Å². The van der Waals surface area contributed by atoms with Crippen molar-refractivity contribution in [1.82, 2.24) is 24.7 Å². The lowest BCUT2D eigenvalue weighted by molar-refractivity contribution is 0.396. The standard InChI is InChI=1S/C12H18N6/c1-8-2-3-18-11(4-8)16-17-12(18)10(13)5-9-6-14-7-15-9/h6-8,10H,2-5,13H2,1H3,(H,14,15). The van der Waals surface area contributed by atoms with Gasteiger partial charge in [-0.05, 0) is 12.3 Å². The van der Waals surface area contributed by atoms with Crippen molar-refractivity contribution < 1.29 is 0 Å². The first kappa shape index (κ1) is 11.4. The molecule has 2 aromatic rings. The predicted octanol–water partition coefficient (Wildman–Crippen LogP) is 0.826. The zero-order valence-electron chi connectivity index (χ0n) is 10.5. The molecule has 0 saturated heterocycles. The van der Waals surface area contributed by atoms with Gasteiger partial charge in [0, 0.05) is 31.3 Å². The zero-order chi connectivity index (χ0) is 12.5. The smallest absolute Gasteiger partial charge is 0.150 e. The monoisotopic (exact) mass is 246 g/mol. The molecule has 0 spiro atoms. The van der Waals surface area contributed by atoms with Gasteiger partial charge < -0.3 is 15.3 Å². The SMILES string of the molecule is CC1CCn2c(nnc2C(N)Cc2cnc[nH]2)C1. The molecule has 0 radical (unpaired) electrons. The van der Waals surface area contributed by atoms with Gasteiger partial charge in [-0.3, -0.25) is 0 Å². The number of H-pyrrole nitrogens is 1. The van der Waals surface area contributed by atoms with E-state index < -0.39 is 0 Å². The molecule has 1 aliphatic rings. The topological polar surface area (TPSA) is 85.4 Å². The molecule has 0 fully saturated rings. The van der Waals surface area contributed by atoms with Gasteiger partial charge in [0.2, 0.25) is 0 Å². The van der Waals surface area contributed by atoms with Crippen LogP contribution in [0.1, 0.15) is 36.7 Å². The van der Waals surface area contributed by atoms with Crippen molar-refractivity contribution in [2.24, 2.45) is 11.7 Å². The first-order chi connectivity index (χ1) is 8.74. The van der Waals surface area contributed by atoms with E-state index in [2.05, 4.69) is 31.7 Å². The van der Waals surface area contributed by atoms with Crippen LogP contribution in [0.4, 0.5) is 0 Å². The first-order valence-corrected chi connectivity index (χ1v) is 6.39. The minimum Gasteiger partial charge on any atom is -0.348 e. The van der Waals surface area contributed by atoms with E-state index in [1.54, 1.807) is 12.5 Å². The summed E-state index contributed by atoms with van der Waals surface area (Å²) in [6.07, 6.45) is 6.37. The van der Waals surface area contributed by atoms with Crippen LogP contribution in [0.25, 0.3) is 0 Å². The largest absolute Gasteiger partial charge is 0.348 e. The van der Waals surface area contributed by atoms with Crippen LogP contribution in [0.15, 0.2) is 12.5 Å². The lowest BCUT2D eigenvalue weighted by Crippen LogP contribution is -2.24. The maximum atomic E-state index is 6.22. The number of imidazole rings is 1. The average Bonchev–Trinajstić information content (AvgIpc) is 2.97. The van der Waals surface area contributed by atoms with Crippen LogP contribution in [0.3, 0.4) is 0 Å². The van der Waals surface area contributed by atoms with Crippen molar-refractivity contribution in [3.8, 4) is 0 Å². The summed E-state index contributed by atoms with van der Waals surface area (Å²) in [4.78, 5) is 7.07. The second-order valence-corrected chi connectivity index (χ2v) is 5.11. The number of rotatable bonds is 3. The number of aromatic amines is 1. The van der Waals surface area contributed by atoms with Crippen molar-refractivity contribution in [2.45, 2.75) is 38.8 Å². The van der Waals surface area contributed by atoms with E-state index in [0.717, 1.165) is 30.3 Å². The van der Waals surface area contributed by atoms with E-state index in [4.69, 9.17) is 5.73 Å². The van der Waals surface area contributed by atoms with Crippen LogP contribution < -0.4 is 5.73 Å². The van der Waals surface area contributed by atoms with Gasteiger partial charge in [-0.2, -0.15) is 0 Å². The van der Waals surface area contributed by atoms with Gasteiger partial charge in [0.05, 0.1) is 12.4 Å². The van der Waals surface area contributed by atoms with E-state index in [1.165, 1.54) is 6.42 Å². The molecular formula is C12H18N6. The first-order valence-electron chi connectivity index (χ1n) is 6.39. The number of fused-ring (bicyclic) bond motifs is 1. The van der Waals surface area contributed by atoms with Crippen LogP contribution in [0.2, 0.25) is 0 Å². The maximum Gasteiger partial charge on any atom is 0.150 e. The molecule has 3 rings (SSSR count). The molecule has 96 valence electrons. The molecule has 18 heavy (non-hydrogen) atoms. The summed E-state index contributed by atoms with van der Waals surface area (Å²) in [5, 5.41) is 8.53. The number of hydrogen-bond acceptors (Lipinski definition) is 4. The van der Waals surface area contributed by atoms with E-state index in [-0.39, 0.29) is 6.04 Å². The number of aromatic nitrogens is 5. The van der Waals surface area contributed by atoms with Gasteiger partial charge in [-0.1, -0.05) is 6.92 Å². The number of nitrogens with one attached hydrogen (secondary N) is 1. The molecule has 6 nitrogen and oxygen atoms in total. The minimum absolute atomic E-state index is 0.125. The Morgan fingerprint density at radius 3 is 3.22 bits per heavy atom. The minimum atomic E-state index is -0.125. The second kappa shape index (κ2) is 4.53. The summed E-state index contributed by atoms with van der Waals surface area (Å²) in [5.74, 6) is 2.66. The van der Waals surface area contributed by atoms with Crippen LogP contribution in [0.5, 0.6) is 0 Å².